The molecule has 0 atom stereocenters. The summed E-state index contributed by atoms with van der Waals surface area (Å²) in [6, 6.07) is 12.2. The molecule has 0 radical (unpaired) electrons. The van der Waals surface area contributed by atoms with Gasteiger partial charge < -0.3 is 14.8 Å². The molecule has 0 unspecified atom stereocenters. The molecule has 1 N–H and O–H groups in total. The normalized spacial score (nSPS) is 18.0. The zero-order valence-corrected chi connectivity index (χ0v) is 21.6. The second kappa shape index (κ2) is 11.7. The Labute approximate surface area is 212 Å². The van der Waals surface area contributed by atoms with E-state index in [1.165, 1.54) is 38.9 Å². The van der Waals surface area contributed by atoms with Crippen molar-refractivity contribution in [1.82, 2.24) is 13.9 Å². The van der Waals surface area contributed by atoms with Crippen LogP contribution in [0.25, 0.3) is 0 Å². The first-order valence-electron chi connectivity index (χ1n) is 12.0. The van der Waals surface area contributed by atoms with Gasteiger partial charge in [-0.3, -0.25) is 4.79 Å². The van der Waals surface area contributed by atoms with Crippen molar-refractivity contribution < 1.29 is 31.1 Å². The van der Waals surface area contributed by atoms with Gasteiger partial charge in [0.2, 0.25) is 20.0 Å². The molecule has 0 spiro atoms. The minimum Gasteiger partial charge on any atom is -0.492 e. The maximum atomic E-state index is 12.8. The molecule has 2 fully saturated rings. The minimum absolute atomic E-state index is 0.0629. The van der Waals surface area contributed by atoms with Crippen molar-refractivity contribution in [3.05, 3.63) is 54.1 Å². The van der Waals surface area contributed by atoms with E-state index in [4.69, 9.17) is 9.47 Å². The molecule has 0 saturated carbocycles. The average Bonchev–Trinajstić information content (AvgIpc) is 2.92. The van der Waals surface area contributed by atoms with Gasteiger partial charge >= 0.3 is 0 Å². The van der Waals surface area contributed by atoms with Crippen LogP contribution in [0.15, 0.2) is 58.3 Å². The number of piperidine rings is 1. The first-order valence-corrected chi connectivity index (χ1v) is 14.9. The average molecular weight is 538 g/mol. The van der Waals surface area contributed by atoms with Crippen LogP contribution in [0.3, 0.4) is 0 Å². The lowest BCUT2D eigenvalue weighted by Gasteiger charge is -2.26. The van der Waals surface area contributed by atoms with Gasteiger partial charge in [-0.2, -0.15) is 8.61 Å². The van der Waals surface area contributed by atoms with Crippen LogP contribution in [0.5, 0.6) is 5.75 Å². The molecule has 2 aliphatic heterocycles. The van der Waals surface area contributed by atoms with E-state index in [2.05, 4.69) is 5.32 Å². The Kier molecular flexibility index (Phi) is 8.62. The molecule has 2 heterocycles. The summed E-state index contributed by atoms with van der Waals surface area (Å²) >= 11 is 0. The fourth-order valence-electron chi connectivity index (χ4n) is 4.13. The lowest BCUT2D eigenvalue weighted by atomic mass is 10.2. The second-order valence-electron chi connectivity index (χ2n) is 8.58. The van der Waals surface area contributed by atoms with Gasteiger partial charge in [-0.05, 0) is 55.3 Å². The lowest BCUT2D eigenvalue weighted by molar-refractivity contribution is 0.0730. The van der Waals surface area contributed by atoms with Gasteiger partial charge in [0.1, 0.15) is 12.4 Å². The molecule has 12 heteroatoms. The standard InChI is InChI=1S/C24H31N3O7S2/c28-24(20-5-4-6-23(19-20)36(31,32)27-14-17-33-18-15-27)25-11-16-34-21-7-9-22(10-8-21)35(29,30)26-12-2-1-3-13-26/h4-10,19H,1-3,11-18H2,(H,25,28). The van der Waals surface area contributed by atoms with Crippen LogP contribution < -0.4 is 10.1 Å². The third kappa shape index (κ3) is 6.24. The fourth-order valence-corrected chi connectivity index (χ4v) is 7.10. The molecule has 36 heavy (non-hydrogen) atoms. The molecule has 0 aliphatic carbocycles. The molecule has 0 bridgehead atoms. The Bertz CT molecular complexity index is 1250. The smallest absolute Gasteiger partial charge is 0.251 e. The highest BCUT2D eigenvalue weighted by Crippen LogP contribution is 2.23. The van der Waals surface area contributed by atoms with Crippen molar-refractivity contribution in [3.8, 4) is 5.75 Å². The number of nitrogens with one attached hydrogen (secondary N) is 1. The van der Waals surface area contributed by atoms with Gasteiger partial charge in [0.15, 0.2) is 0 Å². The summed E-state index contributed by atoms with van der Waals surface area (Å²) in [5.41, 5.74) is 0.233. The zero-order chi connectivity index (χ0) is 25.6. The predicted molar refractivity (Wildman–Crippen MR) is 133 cm³/mol. The van der Waals surface area contributed by atoms with Gasteiger partial charge in [0, 0.05) is 31.7 Å². The van der Waals surface area contributed by atoms with Crippen LogP contribution in [0.1, 0.15) is 29.6 Å². The van der Waals surface area contributed by atoms with Crippen molar-refractivity contribution >= 4 is 26.0 Å². The second-order valence-corrected chi connectivity index (χ2v) is 12.5. The molecule has 4 rings (SSSR count). The maximum absolute atomic E-state index is 12.8. The summed E-state index contributed by atoms with van der Waals surface area (Å²) in [5, 5.41) is 2.71. The number of hydrogen-bond donors (Lipinski definition) is 1. The maximum Gasteiger partial charge on any atom is 0.251 e. The van der Waals surface area contributed by atoms with Crippen LogP contribution in [-0.4, -0.2) is 83.9 Å². The summed E-state index contributed by atoms with van der Waals surface area (Å²) < 4.78 is 64.8. The lowest BCUT2D eigenvalue weighted by Crippen LogP contribution is -2.40. The molecule has 2 aliphatic rings. The Hall–Kier alpha value is -2.51. The van der Waals surface area contributed by atoms with Crippen molar-refractivity contribution in [2.45, 2.75) is 29.1 Å². The Morgan fingerprint density at radius 3 is 2.17 bits per heavy atom. The summed E-state index contributed by atoms with van der Waals surface area (Å²) in [5.74, 6) is 0.0704. The van der Waals surface area contributed by atoms with Gasteiger partial charge in [0.25, 0.3) is 5.91 Å². The molecule has 0 aromatic heterocycles. The third-order valence-corrected chi connectivity index (χ3v) is 9.94. The molecular formula is C24H31N3O7S2. The fraction of sp³-hybridized carbons (Fsp3) is 0.458. The van der Waals surface area contributed by atoms with Crippen molar-refractivity contribution in [2.24, 2.45) is 0 Å². The van der Waals surface area contributed by atoms with Crippen LogP contribution in [-0.2, 0) is 24.8 Å². The third-order valence-electron chi connectivity index (χ3n) is 6.14. The predicted octanol–water partition coefficient (Wildman–Crippen LogP) is 1.69. The summed E-state index contributed by atoms with van der Waals surface area (Å²) in [7, 11) is -7.20. The van der Waals surface area contributed by atoms with Crippen LogP contribution in [0.2, 0.25) is 0 Å². The Morgan fingerprint density at radius 2 is 1.47 bits per heavy atom. The van der Waals surface area contributed by atoms with Crippen molar-refractivity contribution in [2.75, 3.05) is 52.5 Å². The first-order chi connectivity index (χ1) is 17.3. The van der Waals surface area contributed by atoms with Gasteiger partial charge in [-0.25, -0.2) is 16.8 Å². The number of morpholine rings is 1. The molecule has 2 aromatic carbocycles. The highest BCUT2D eigenvalue weighted by Gasteiger charge is 2.27. The number of nitrogens with zero attached hydrogens (tertiary/aromatic N) is 2. The van der Waals surface area contributed by atoms with Gasteiger partial charge in [0.05, 0.1) is 29.5 Å². The highest BCUT2D eigenvalue weighted by atomic mass is 32.2. The van der Waals surface area contributed by atoms with E-state index in [0.717, 1.165) is 19.3 Å². The quantitative estimate of drug-likeness (QED) is 0.483. The molecular weight excluding hydrogens is 506 g/mol. The van der Waals surface area contributed by atoms with Gasteiger partial charge in [-0.15, -0.1) is 0 Å². The van der Waals surface area contributed by atoms with E-state index in [-0.39, 0.29) is 41.6 Å². The van der Waals surface area contributed by atoms with Crippen LogP contribution >= 0.6 is 0 Å². The topological polar surface area (TPSA) is 122 Å². The van der Waals surface area contributed by atoms with E-state index in [9.17, 15) is 21.6 Å². The van der Waals surface area contributed by atoms with Crippen molar-refractivity contribution in [3.63, 3.8) is 0 Å². The monoisotopic (exact) mass is 537 g/mol. The minimum atomic E-state index is -3.70. The number of hydrogen-bond acceptors (Lipinski definition) is 7. The number of benzene rings is 2. The number of rotatable bonds is 9. The number of carbonyl (C=O) groups is 1. The van der Waals surface area contributed by atoms with Crippen molar-refractivity contribution in [1.29, 1.82) is 0 Å². The number of sulfonamides is 2. The number of amides is 1. The number of ether oxygens (including phenoxy) is 2. The molecule has 10 nitrogen and oxygen atoms in total. The van der Waals surface area contributed by atoms with Gasteiger partial charge in [-0.1, -0.05) is 12.5 Å². The largest absolute Gasteiger partial charge is 0.492 e. The summed E-state index contributed by atoms with van der Waals surface area (Å²) in [4.78, 5) is 12.8. The Morgan fingerprint density at radius 1 is 0.833 bits per heavy atom. The SMILES string of the molecule is O=C(NCCOc1ccc(S(=O)(=O)N2CCCCC2)cc1)c1cccc(S(=O)(=O)N2CCOCC2)c1. The van der Waals surface area contributed by atoms with E-state index in [0.29, 0.717) is 32.1 Å². The van der Waals surface area contributed by atoms with Crippen LogP contribution in [0.4, 0.5) is 0 Å². The summed E-state index contributed by atoms with van der Waals surface area (Å²) in [6.45, 7) is 2.68. The molecule has 2 saturated heterocycles. The number of carbonyl (C=O) groups excluding carboxylic acids is 1. The molecule has 2 aromatic rings. The van der Waals surface area contributed by atoms with E-state index in [1.54, 1.807) is 18.2 Å². The van der Waals surface area contributed by atoms with Crippen LogP contribution in [0, 0.1) is 0 Å². The van der Waals surface area contributed by atoms with E-state index < -0.39 is 26.0 Å². The Balaban J connectivity index is 1.28. The highest BCUT2D eigenvalue weighted by molar-refractivity contribution is 7.89. The molecule has 196 valence electrons. The first kappa shape index (κ1) is 26.6. The van der Waals surface area contributed by atoms with E-state index >= 15 is 0 Å². The van der Waals surface area contributed by atoms with E-state index in [1.807, 2.05) is 0 Å². The molecule has 1 amide bonds. The zero-order valence-electron chi connectivity index (χ0n) is 20.0. The summed E-state index contributed by atoms with van der Waals surface area (Å²) in [6.07, 6.45) is 2.80.